The quantitative estimate of drug-likeness (QED) is 0.574. The lowest BCUT2D eigenvalue weighted by Gasteiger charge is -2.22. The van der Waals surface area contributed by atoms with E-state index in [1.54, 1.807) is 0 Å². The molecule has 0 aromatic rings. The summed E-state index contributed by atoms with van der Waals surface area (Å²) in [5.41, 5.74) is 0. The fraction of sp³-hybridized carbons (Fsp3) is 0.778. The molecule has 0 aromatic carbocycles. The van der Waals surface area contributed by atoms with Crippen molar-refractivity contribution in [2.45, 2.75) is 33.1 Å². The highest BCUT2D eigenvalue weighted by atomic mass is 16.1. The average molecular weight is 154 g/mol. The van der Waals surface area contributed by atoms with Crippen LogP contribution in [0.1, 0.15) is 33.1 Å². The van der Waals surface area contributed by atoms with Crippen molar-refractivity contribution in [2.75, 3.05) is 0 Å². The zero-order chi connectivity index (χ0) is 8.43. The highest BCUT2D eigenvalue weighted by molar-refractivity contribution is 5.94. The van der Waals surface area contributed by atoms with Gasteiger partial charge in [-0.2, -0.15) is 0 Å². The first kappa shape index (κ1) is 8.44. The molecule has 0 saturated heterocycles. The average Bonchev–Trinajstić information content (AvgIpc) is 1.94. The zero-order valence-electron chi connectivity index (χ0n) is 7.09. The molecule has 2 heteroatoms. The Bertz CT molecular complexity index is 182. The van der Waals surface area contributed by atoms with Gasteiger partial charge in [-0.3, -0.25) is 9.59 Å². The molecule has 2 nitrogen and oxygen atoms in total. The molecule has 62 valence electrons. The summed E-state index contributed by atoms with van der Waals surface area (Å²) < 4.78 is 0. The normalized spacial score (nSPS) is 26.3. The summed E-state index contributed by atoms with van der Waals surface area (Å²) in [5.74, 6) is 0.867. The van der Waals surface area contributed by atoms with Crippen LogP contribution in [0.3, 0.4) is 0 Å². The van der Waals surface area contributed by atoms with Crippen molar-refractivity contribution in [1.82, 2.24) is 0 Å². The fourth-order valence-corrected chi connectivity index (χ4v) is 1.52. The summed E-state index contributed by atoms with van der Waals surface area (Å²) in [6.45, 7) is 4.00. The zero-order valence-corrected chi connectivity index (χ0v) is 7.09. The second-order valence-corrected chi connectivity index (χ2v) is 3.56. The molecule has 0 heterocycles. The van der Waals surface area contributed by atoms with E-state index in [1.165, 1.54) is 0 Å². The monoisotopic (exact) mass is 154 g/mol. The van der Waals surface area contributed by atoms with Gasteiger partial charge in [-0.15, -0.1) is 0 Å². The molecule has 1 rings (SSSR count). The SMILES string of the molecule is CC(C)C1CC(=O)CCC1=O. The largest absolute Gasteiger partial charge is 0.300 e. The van der Waals surface area contributed by atoms with Crippen LogP contribution in [-0.2, 0) is 9.59 Å². The highest BCUT2D eigenvalue weighted by Gasteiger charge is 2.28. The molecule has 0 aromatic heterocycles. The fourth-order valence-electron chi connectivity index (χ4n) is 1.52. The van der Waals surface area contributed by atoms with Gasteiger partial charge in [0.1, 0.15) is 11.6 Å². The van der Waals surface area contributed by atoms with Gasteiger partial charge >= 0.3 is 0 Å². The Morgan fingerprint density at radius 1 is 1.27 bits per heavy atom. The molecular formula is C9H14O2. The Kier molecular flexibility index (Phi) is 2.42. The first-order chi connectivity index (χ1) is 5.11. The van der Waals surface area contributed by atoms with Crippen molar-refractivity contribution in [3.05, 3.63) is 0 Å². The van der Waals surface area contributed by atoms with Gasteiger partial charge in [0.15, 0.2) is 0 Å². The van der Waals surface area contributed by atoms with Crippen LogP contribution in [0.15, 0.2) is 0 Å². The molecule has 0 N–H and O–H groups in total. The highest BCUT2D eigenvalue weighted by Crippen LogP contribution is 2.24. The van der Waals surface area contributed by atoms with E-state index in [1.807, 2.05) is 13.8 Å². The van der Waals surface area contributed by atoms with E-state index in [4.69, 9.17) is 0 Å². The Morgan fingerprint density at radius 3 is 2.36 bits per heavy atom. The van der Waals surface area contributed by atoms with E-state index >= 15 is 0 Å². The minimum Gasteiger partial charge on any atom is -0.300 e. The molecule has 0 amide bonds. The van der Waals surface area contributed by atoms with Gasteiger partial charge in [0.2, 0.25) is 0 Å². The minimum absolute atomic E-state index is 0.0104. The van der Waals surface area contributed by atoms with Crippen LogP contribution in [0.25, 0.3) is 0 Å². The summed E-state index contributed by atoms with van der Waals surface area (Å²) >= 11 is 0. The lowest BCUT2D eigenvalue weighted by Crippen LogP contribution is -2.28. The standard InChI is InChI=1S/C9H14O2/c1-6(2)8-5-7(10)3-4-9(8)11/h6,8H,3-5H2,1-2H3. The molecule has 1 aliphatic rings. The third-order valence-electron chi connectivity index (χ3n) is 2.32. The van der Waals surface area contributed by atoms with Gasteiger partial charge in [0.25, 0.3) is 0 Å². The van der Waals surface area contributed by atoms with E-state index in [9.17, 15) is 9.59 Å². The number of Topliss-reactive ketones (excluding diaryl/α,β-unsaturated/α-hetero) is 2. The summed E-state index contributed by atoms with van der Waals surface area (Å²) in [6.07, 6.45) is 1.43. The molecule has 1 fully saturated rings. The van der Waals surface area contributed by atoms with Crippen molar-refractivity contribution in [3.8, 4) is 0 Å². The number of carbonyl (C=O) groups is 2. The van der Waals surface area contributed by atoms with Gasteiger partial charge in [-0.25, -0.2) is 0 Å². The molecular weight excluding hydrogens is 140 g/mol. The second kappa shape index (κ2) is 3.16. The van der Waals surface area contributed by atoms with Gasteiger partial charge in [-0.05, 0) is 5.92 Å². The van der Waals surface area contributed by atoms with E-state index in [0.29, 0.717) is 25.2 Å². The van der Waals surface area contributed by atoms with Crippen molar-refractivity contribution >= 4 is 11.6 Å². The van der Waals surface area contributed by atoms with E-state index in [2.05, 4.69) is 0 Å². The topological polar surface area (TPSA) is 34.1 Å². The van der Waals surface area contributed by atoms with Crippen molar-refractivity contribution in [3.63, 3.8) is 0 Å². The Balaban J connectivity index is 2.61. The lowest BCUT2D eigenvalue weighted by atomic mass is 9.80. The van der Waals surface area contributed by atoms with Crippen LogP contribution in [0.4, 0.5) is 0 Å². The molecule has 1 unspecified atom stereocenters. The van der Waals surface area contributed by atoms with Crippen molar-refractivity contribution in [1.29, 1.82) is 0 Å². The molecule has 1 atom stereocenters. The van der Waals surface area contributed by atoms with Gasteiger partial charge < -0.3 is 0 Å². The third kappa shape index (κ3) is 1.88. The molecule has 1 aliphatic carbocycles. The number of hydrogen-bond donors (Lipinski definition) is 0. The van der Waals surface area contributed by atoms with Crippen LogP contribution in [0, 0.1) is 11.8 Å². The third-order valence-corrected chi connectivity index (χ3v) is 2.32. The van der Waals surface area contributed by atoms with E-state index in [-0.39, 0.29) is 17.5 Å². The van der Waals surface area contributed by atoms with Crippen LogP contribution in [0.2, 0.25) is 0 Å². The van der Waals surface area contributed by atoms with Gasteiger partial charge in [0, 0.05) is 25.2 Å². The van der Waals surface area contributed by atoms with Crippen molar-refractivity contribution < 1.29 is 9.59 Å². The smallest absolute Gasteiger partial charge is 0.137 e. The predicted octanol–water partition coefficient (Wildman–Crippen LogP) is 1.58. The van der Waals surface area contributed by atoms with Crippen LogP contribution in [-0.4, -0.2) is 11.6 Å². The van der Waals surface area contributed by atoms with Crippen LogP contribution < -0.4 is 0 Å². The lowest BCUT2D eigenvalue weighted by molar-refractivity contribution is -0.134. The maximum absolute atomic E-state index is 11.2. The van der Waals surface area contributed by atoms with Gasteiger partial charge in [-0.1, -0.05) is 13.8 Å². The molecule has 11 heavy (non-hydrogen) atoms. The molecule has 1 saturated carbocycles. The minimum atomic E-state index is 0.0104. The molecule has 0 aliphatic heterocycles. The first-order valence-corrected chi connectivity index (χ1v) is 4.15. The van der Waals surface area contributed by atoms with Crippen LogP contribution >= 0.6 is 0 Å². The van der Waals surface area contributed by atoms with Crippen molar-refractivity contribution in [2.24, 2.45) is 11.8 Å². The van der Waals surface area contributed by atoms with E-state index < -0.39 is 0 Å². The first-order valence-electron chi connectivity index (χ1n) is 4.15. The number of hydrogen-bond acceptors (Lipinski definition) is 2. The number of ketones is 2. The molecule has 0 spiro atoms. The van der Waals surface area contributed by atoms with Crippen LogP contribution in [0.5, 0.6) is 0 Å². The summed E-state index contributed by atoms with van der Waals surface area (Å²) in [5, 5.41) is 0. The van der Waals surface area contributed by atoms with E-state index in [0.717, 1.165) is 0 Å². The number of rotatable bonds is 1. The molecule has 0 bridgehead atoms. The summed E-state index contributed by atoms with van der Waals surface area (Å²) in [4.78, 5) is 22.2. The second-order valence-electron chi connectivity index (χ2n) is 3.56. The Morgan fingerprint density at radius 2 is 1.91 bits per heavy atom. The summed E-state index contributed by atoms with van der Waals surface area (Å²) in [6, 6.07) is 0. The Hall–Kier alpha value is -0.660. The summed E-state index contributed by atoms with van der Waals surface area (Å²) in [7, 11) is 0. The maximum atomic E-state index is 11.2. The Labute approximate surface area is 67.0 Å². The predicted molar refractivity (Wildman–Crippen MR) is 42.2 cm³/mol. The van der Waals surface area contributed by atoms with Gasteiger partial charge in [0.05, 0.1) is 0 Å². The maximum Gasteiger partial charge on any atom is 0.137 e. The molecule has 0 radical (unpaired) electrons. The number of carbonyl (C=O) groups excluding carboxylic acids is 2.